The van der Waals surface area contributed by atoms with E-state index in [0.717, 1.165) is 22.0 Å². The van der Waals surface area contributed by atoms with Crippen molar-refractivity contribution in [1.29, 1.82) is 0 Å². The average molecular weight is 326 g/mol. The minimum atomic E-state index is -0.411. The van der Waals surface area contributed by atoms with Crippen LogP contribution in [0.15, 0.2) is 17.1 Å². The Labute approximate surface area is 131 Å². The summed E-state index contributed by atoms with van der Waals surface area (Å²) >= 11 is 7.32. The van der Waals surface area contributed by atoms with Gasteiger partial charge in [-0.15, -0.1) is 11.3 Å². The van der Waals surface area contributed by atoms with Gasteiger partial charge >= 0.3 is 0 Å². The molecule has 1 atom stereocenters. The van der Waals surface area contributed by atoms with E-state index < -0.39 is 5.56 Å². The van der Waals surface area contributed by atoms with Crippen molar-refractivity contribution < 1.29 is 4.79 Å². The van der Waals surface area contributed by atoms with Crippen molar-refractivity contribution in [2.24, 2.45) is 0 Å². The fraction of sp³-hybridized carbons (Fsp3) is 0.357. The maximum atomic E-state index is 12.2. The second-order valence-electron chi connectivity index (χ2n) is 4.69. The normalized spacial score (nSPS) is 12.2. The standard InChI is InChI=1S/C14H16ClN3O2S/c1-4-11(14-17-7(2)8(3)21-14)18-12(19)9-5-10(15)13(20)16-6-9/h5-6,11H,4H2,1-3H3,(H,16,20)(H,18,19). The molecule has 0 aliphatic rings. The fourth-order valence-electron chi connectivity index (χ4n) is 1.81. The van der Waals surface area contributed by atoms with Crippen LogP contribution in [-0.2, 0) is 0 Å². The molecule has 0 bridgehead atoms. The first-order valence-electron chi connectivity index (χ1n) is 6.55. The van der Waals surface area contributed by atoms with Gasteiger partial charge in [-0.25, -0.2) is 4.98 Å². The van der Waals surface area contributed by atoms with Crippen LogP contribution in [0.2, 0.25) is 5.02 Å². The second-order valence-corrected chi connectivity index (χ2v) is 6.34. The molecular formula is C14H16ClN3O2S. The first-order valence-corrected chi connectivity index (χ1v) is 7.74. The summed E-state index contributed by atoms with van der Waals surface area (Å²) in [4.78, 5) is 31.5. The summed E-state index contributed by atoms with van der Waals surface area (Å²) in [6, 6.07) is 1.21. The molecule has 21 heavy (non-hydrogen) atoms. The zero-order valence-electron chi connectivity index (χ0n) is 12.0. The molecule has 112 valence electrons. The molecule has 0 aromatic carbocycles. The van der Waals surface area contributed by atoms with Gasteiger partial charge in [-0.1, -0.05) is 18.5 Å². The summed E-state index contributed by atoms with van der Waals surface area (Å²) < 4.78 is 0. The maximum Gasteiger partial charge on any atom is 0.266 e. The van der Waals surface area contributed by atoms with Gasteiger partial charge < -0.3 is 10.3 Å². The summed E-state index contributed by atoms with van der Waals surface area (Å²) in [5.74, 6) is -0.287. The van der Waals surface area contributed by atoms with Gasteiger partial charge in [0.2, 0.25) is 0 Å². The van der Waals surface area contributed by atoms with Gasteiger partial charge in [0.05, 0.1) is 17.3 Å². The Hall–Kier alpha value is -1.66. The van der Waals surface area contributed by atoms with Crippen LogP contribution in [0.1, 0.15) is 45.3 Å². The smallest absolute Gasteiger partial charge is 0.266 e. The summed E-state index contributed by atoms with van der Waals surface area (Å²) in [7, 11) is 0. The number of carbonyl (C=O) groups is 1. The largest absolute Gasteiger partial charge is 0.343 e. The number of pyridine rings is 1. The van der Waals surface area contributed by atoms with Crippen molar-refractivity contribution in [3.63, 3.8) is 0 Å². The summed E-state index contributed by atoms with van der Waals surface area (Å²) in [5.41, 5.74) is 0.893. The Bertz CT molecular complexity index is 704. The summed E-state index contributed by atoms with van der Waals surface area (Å²) in [6.07, 6.45) is 2.09. The van der Waals surface area contributed by atoms with Gasteiger partial charge in [0.15, 0.2) is 0 Å². The number of aromatic nitrogens is 2. The third kappa shape index (κ3) is 3.51. The lowest BCUT2D eigenvalue weighted by molar-refractivity contribution is 0.0935. The lowest BCUT2D eigenvalue weighted by Crippen LogP contribution is -2.28. The van der Waals surface area contributed by atoms with E-state index in [1.165, 1.54) is 12.3 Å². The number of nitrogens with one attached hydrogen (secondary N) is 2. The quantitative estimate of drug-likeness (QED) is 0.907. The van der Waals surface area contributed by atoms with Crippen LogP contribution < -0.4 is 10.9 Å². The molecule has 0 fully saturated rings. The monoisotopic (exact) mass is 325 g/mol. The molecule has 0 aliphatic heterocycles. The van der Waals surface area contributed by atoms with Crippen LogP contribution in [0.5, 0.6) is 0 Å². The number of halogens is 1. The molecular weight excluding hydrogens is 310 g/mol. The van der Waals surface area contributed by atoms with Crippen LogP contribution in [0.25, 0.3) is 0 Å². The minimum absolute atomic E-state index is 0.00311. The summed E-state index contributed by atoms with van der Waals surface area (Å²) in [6.45, 7) is 5.94. The molecule has 2 aromatic rings. The highest BCUT2D eigenvalue weighted by Gasteiger charge is 2.18. The highest BCUT2D eigenvalue weighted by atomic mass is 35.5. The number of thiazole rings is 1. The van der Waals surface area contributed by atoms with Gasteiger partial charge in [0.1, 0.15) is 10.0 Å². The highest BCUT2D eigenvalue weighted by molar-refractivity contribution is 7.11. The number of hydrogen-bond acceptors (Lipinski definition) is 4. The van der Waals surface area contributed by atoms with E-state index in [0.29, 0.717) is 5.56 Å². The Morgan fingerprint density at radius 1 is 1.52 bits per heavy atom. The van der Waals surface area contributed by atoms with E-state index in [4.69, 9.17) is 11.6 Å². The lowest BCUT2D eigenvalue weighted by atomic mass is 10.2. The molecule has 1 unspecified atom stereocenters. The third-order valence-corrected chi connectivity index (χ3v) is 4.64. The van der Waals surface area contributed by atoms with Crippen molar-refractivity contribution in [1.82, 2.24) is 15.3 Å². The van der Waals surface area contributed by atoms with E-state index >= 15 is 0 Å². The molecule has 0 radical (unpaired) electrons. The van der Waals surface area contributed by atoms with E-state index in [1.807, 2.05) is 20.8 Å². The third-order valence-electron chi connectivity index (χ3n) is 3.18. The van der Waals surface area contributed by atoms with Crippen molar-refractivity contribution in [2.75, 3.05) is 0 Å². The van der Waals surface area contributed by atoms with Crippen molar-refractivity contribution >= 4 is 28.8 Å². The molecule has 2 heterocycles. The Balaban J connectivity index is 2.19. The maximum absolute atomic E-state index is 12.2. The van der Waals surface area contributed by atoms with E-state index in [-0.39, 0.29) is 17.0 Å². The van der Waals surface area contributed by atoms with Crippen molar-refractivity contribution in [3.8, 4) is 0 Å². The molecule has 2 aromatic heterocycles. The van der Waals surface area contributed by atoms with Crippen LogP contribution in [0.3, 0.4) is 0 Å². The average Bonchev–Trinajstić information content (AvgIpc) is 2.78. The van der Waals surface area contributed by atoms with Crippen LogP contribution >= 0.6 is 22.9 Å². The number of aromatic amines is 1. The Morgan fingerprint density at radius 3 is 2.76 bits per heavy atom. The van der Waals surface area contributed by atoms with Gasteiger partial charge in [-0.2, -0.15) is 0 Å². The van der Waals surface area contributed by atoms with Crippen molar-refractivity contribution in [3.05, 3.63) is 48.8 Å². The molecule has 2 rings (SSSR count). The number of hydrogen-bond donors (Lipinski definition) is 2. The SMILES string of the molecule is CCC(NC(=O)c1c[nH]c(=O)c(Cl)c1)c1nc(C)c(C)s1. The molecule has 0 spiro atoms. The number of nitrogens with zero attached hydrogens (tertiary/aromatic N) is 1. The topological polar surface area (TPSA) is 74.8 Å². The van der Waals surface area contributed by atoms with E-state index in [1.54, 1.807) is 11.3 Å². The van der Waals surface area contributed by atoms with Gasteiger partial charge in [0.25, 0.3) is 11.5 Å². The second kappa shape index (κ2) is 6.41. The van der Waals surface area contributed by atoms with Crippen molar-refractivity contribution in [2.45, 2.75) is 33.2 Å². The molecule has 0 saturated heterocycles. The zero-order valence-corrected chi connectivity index (χ0v) is 13.6. The lowest BCUT2D eigenvalue weighted by Gasteiger charge is -2.14. The fourth-order valence-corrected chi connectivity index (χ4v) is 3.04. The molecule has 0 aliphatic carbocycles. The first-order chi connectivity index (χ1) is 9.92. The predicted octanol–water partition coefficient (Wildman–Crippen LogP) is 2.98. The Morgan fingerprint density at radius 2 is 2.24 bits per heavy atom. The van der Waals surface area contributed by atoms with E-state index in [9.17, 15) is 9.59 Å². The number of H-pyrrole nitrogens is 1. The van der Waals surface area contributed by atoms with Gasteiger partial charge in [-0.3, -0.25) is 9.59 Å². The van der Waals surface area contributed by atoms with Crippen LogP contribution in [0, 0.1) is 13.8 Å². The summed E-state index contributed by atoms with van der Waals surface area (Å²) in [5, 5.41) is 3.80. The van der Waals surface area contributed by atoms with Crippen LogP contribution in [-0.4, -0.2) is 15.9 Å². The zero-order chi connectivity index (χ0) is 15.6. The molecule has 1 amide bonds. The number of amides is 1. The molecule has 0 saturated carbocycles. The van der Waals surface area contributed by atoms with Gasteiger partial charge in [-0.05, 0) is 26.3 Å². The number of rotatable bonds is 4. The number of carbonyl (C=O) groups excluding carboxylic acids is 1. The highest BCUT2D eigenvalue weighted by Crippen LogP contribution is 2.25. The number of aryl methyl sites for hydroxylation is 2. The first kappa shape index (κ1) is 15.7. The minimum Gasteiger partial charge on any atom is -0.343 e. The Kier molecular flexibility index (Phi) is 4.80. The van der Waals surface area contributed by atoms with Gasteiger partial charge in [0, 0.05) is 11.1 Å². The van der Waals surface area contributed by atoms with Crippen LogP contribution in [0.4, 0.5) is 0 Å². The molecule has 2 N–H and O–H groups in total. The van der Waals surface area contributed by atoms with E-state index in [2.05, 4.69) is 15.3 Å². The molecule has 5 nitrogen and oxygen atoms in total. The molecule has 7 heteroatoms. The predicted molar refractivity (Wildman–Crippen MR) is 84.2 cm³/mol.